The largest absolute Gasteiger partial charge is 0.490 e. The number of rotatable bonds is 6. The standard InChI is InChI=1S/C13H17NO6/c1-13(2,3)20-7-6-19-11-8-9(14(17)18)4-5-10(11)12(15)16/h4-5,8H,6-7H2,1-3H3,(H,15,16). The van der Waals surface area contributed by atoms with Crippen LogP contribution in [0.25, 0.3) is 0 Å². The van der Waals surface area contributed by atoms with Crippen molar-refractivity contribution in [1.29, 1.82) is 0 Å². The molecule has 7 heteroatoms. The first-order valence-corrected chi connectivity index (χ1v) is 5.99. The van der Waals surface area contributed by atoms with E-state index >= 15 is 0 Å². The topological polar surface area (TPSA) is 98.9 Å². The molecule has 20 heavy (non-hydrogen) atoms. The quantitative estimate of drug-likeness (QED) is 0.489. The summed E-state index contributed by atoms with van der Waals surface area (Å²) in [5, 5.41) is 19.7. The molecule has 0 aliphatic rings. The van der Waals surface area contributed by atoms with Gasteiger partial charge in [-0.2, -0.15) is 0 Å². The van der Waals surface area contributed by atoms with Crippen molar-refractivity contribution in [3.05, 3.63) is 33.9 Å². The van der Waals surface area contributed by atoms with Gasteiger partial charge in [-0.25, -0.2) is 4.79 Å². The average molecular weight is 283 g/mol. The Morgan fingerprint density at radius 1 is 1.35 bits per heavy atom. The SMILES string of the molecule is CC(C)(C)OCCOc1cc([N+](=O)[O-])ccc1C(=O)O. The molecule has 0 aliphatic carbocycles. The van der Waals surface area contributed by atoms with Gasteiger partial charge in [-0.1, -0.05) is 0 Å². The first kappa shape index (κ1) is 15.9. The molecule has 0 saturated heterocycles. The van der Waals surface area contributed by atoms with Gasteiger partial charge in [0, 0.05) is 6.07 Å². The second-order valence-electron chi connectivity index (χ2n) is 5.05. The summed E-state index contributed by atoms with van der Waals surface area (Å²) >= 11 is 0. The number of benzene rings is 1. The molecule has 1 aromatic rings. The highest BCUT2D eigenvalue weighted by atomic mass is 16.6. The summed E-state index contributed by atoms with van der Waals surface area (Å²) in [7, 11) is 0. The van der Waals surface area contributed by atoms with Crippen LogP contribution in [-0.4, -0.2) is 34.8 Å². The Morgan fingerprint density at radius 3 is 2.50 bits per heavy atom. The van der Waals surface area contributed by atoms with Crippen LogP contribution in [-0.2, 0) is 4.74 Å². The molecular weight excluding hydrogens is 266 g/mol. The van der Waals surface area contributed by atoms with Crippen LogP contribution in [0, 0.1) is 10.1 Å². The minimum Gasteiger partial charge on any atom is -0.490 e. The molecule has 0 aromatic heterocycles. The van der Waals surface area contributed by atoms with Gasteiger partial charge < -0.3 is 14.6 Å². The smallest absolute Gasteiger partial charge is 0.339 e. The van der Waals surface area contributed by atoms with E-state index in [-0.39, 0.29) is 35.8 Å². The van der Waals surface area contributed by atoms with Crippen LogP contribution in [0.15, 0.2) is 18.2 Å². The molecule has 7 nitrogen and oxygen atoms in total. The highest BCUT2D eigenvalue weighted by Gasteiger charge is 2.17. The second kappa shape index (κ2) is 6.33. The molecule has 0 aliphatic heterocycles. The van der Waals surface area contributed by atoms with Crippen LogP contribution >= 0.6 is 0 Å². The van der Waals surface area contributed by atoms with E-state index < -0.39 is 10.9 Å². The molecule has 1 aromatic carbocycles. The van der Waals surface area contributed by atoms with Crippen molar-refractivity contribution in [3.8, 4) is 5.75 Å². The zero-order chi connectivity index (χ0) is 15.3. The number of nitrogens with zero attached hydrogens (tertiary/aromatic N) is 1. The van der Waals surface area contributed by atoms with E-state index in [0.717, 1.165) is 18.2 Å². The molecular formula is C13H17NO6. The van der Waals surface area contributed by atoms with E-state index in [9.17, 15) is 14.9 Å². The Morgan fingerprint density at radius 2 is 2.00 bits per heavy atom. The molecule has 0 spiro atoms. The Kier molecular flexibility index (Phi) is 5.04. The minimum atomic E-state index is -1.20. The van der Waals surface area contributed by atoms with Crippen molar-refractivity contribution in [2.45, 2.75) is 26.4 Å². The van der Waals surface area contributed by atoms with E-state index in [1.165, 1.54) is 0 Å². The highest BCUT2D eigenvalue weighted by molar-refractivity contribution is 5.91. The number of hydrogen-bond acceptors (Lipinski definition) is 5. The summed E-state index contributed by atoms with van der Waals surface area (Å²) in [5.74, 6) is -1.24. The lowest BCUT2D eigenvalue weighted by Crippen LogP contribution is -2.22. The maximum Gasteiger partial charge on any atom is 0.339 e. The lowest BCUT2D eigenvalue weighted by atomic mass is 10.2. The molecule has 0 fully saturated rings. The summed E-state index contributed by atoms with van der Waals surface area (Å²) in [6.07, 6.45) is 0. The third kappa shape index (κ3) is 4.85. The Bertz CT molecular complexity index is 506. The van der Waals surface area contributed by atoms with E-state index in [2.05, 4.69) is 0 Å². The Balaban J connectivity index is 2.78. The van der Waals surface area contributed by atoms with Crippen molar-refractivity contribution in [2.75, 3.05) is 13.2 Å². The van der Waals surface area contributed by atoms with Crippen molar-refractivity contribution in [3.63, 3.8) is 0 Å². The fraction of sp³-hybridized carbons (Fsp3) is 0.462. The number of hydrogen-bond donors (Lipinski definition) is 1. The number of carboxylic acids is 1. The first-order valence-electron chi connectivity index (χ1n) is 5.99. The monoisotopic (exact) mass is 283 g/mol. The number of nitro benzene ring substituents is 1. The fourth-order valence-electron chi connectivity index (χ4n) is 1.42. The molecule has 1 N–H and O–H groups in total. The van der Waals surface area contributed by atoms with E-state index in [1.54, 1.807) is 0 Å². The molecule has 0 radical (unpaired) electrons. The number of non-ortho nitro benzene ring substituents is 1. The summed E-state index contributed by atoms with van der Waals surface area (Å²) in [4.78, 5) is 21.1. The molecule has 1 rings (SSSR count). The number of nitro groups is 1. The number of ether oxygens (including phenoxy) is 2. The summed E-state index contributed by atoms with van der Waals surface area (Å²) in [6.45, 7) is 6.00. The van der Waals surface area contributed by atoms with Crippen LogP contribution in [0.5, 0.6) is 5.75 Å². The molecule has 0 unspecified atom stereocenters. The maximum absolute atomic E-state index is 11.0. The van der Waals surface area contributed by atoms with Gasteiger partial charge in [0.25, 0.3) is 5.69 Å². The van der Waals surface area contributed by atoms with Gasteiger partial charge >= 0.3 is 5.97 Å². The van der Waals surface area contributed by atoms with Crippen LogP contribution in [0.3, 0.4) is 0 Å². The van der Waals surface area contributed by atoms with Crippen molar-refractivity contribution >= 4 is 11.7 Å². The Labute approximate surface area is 116 Å². The minimum absolute atomic E-state index is 0.0378. The van der Waals surface area contributed by atoms with Gasteiger partial charge in [0.1, 0.15) is 17.9 Å². The number of carbonyl (C=O) groups is 1. The van der Waals surface area contributed by atoms with Crippen molar-refractivity contribution in [1.82, 2.24) is 0 Å². The zero-order valence-corrected chi connectivity index (χ0v) is 11.6. The summed E-state index contributed by atoms with van der Waals surface area (Å²) < 4.78 is 10.7. The third-order valence-corrected chi connectivity index (χ3v) is 2.28. The molecule has 0 atom stereocenters. The summed E-state index contributed by atoms with van der Waals surface area (Å²) in [6, 6.07) is 3.38. The van der Waals surface area contributed by atoms with Gasteiger partial charge in [0.15, 0.2) is 0 Å². The normalized spacial score (nSPS) is 11.2. The first-order chi connectivity index (χ1) is 9.20. The van der Waals surface area contributed by atoms with Crippen LogP contribution in [0.1, 0.15) is 31.1 Å². The maximum atomic E-state index is 11.0. The van der Waals surface area contributed by atoms with Gasteiger partial charge in [-0.05, 0) is 26.8 Å². The van der Waals surface area contributed by atoms with Gasteiger partial charge in [0.2, 0.25) is 0 Å². The van der Waals surface area contributed by atoms with Gasteiger partial charge in [-0.15, -0.1) is 0 Å². The molecule has 0 amide bonds. The van der Waals surface area contributed by atoms with Crippen LogP contribution < -0.4 is 4.74 Å². The predicted molar refractivity (Wildman–Crippen MR) is 71.3 cm³/mol. The van der Waals surface area contributed by atoms with E-state index in [4.69, 9.17) is 14.6 Å². The molecule has 0 heterocycles. The molecule has 0 bridgehead atoms. The predicted octanol–water partition coefficient (Wildman–Crippen LogP) is 2.49. The number of carboxylic acid groups (broad SMARTS) is 1. The lowest BCUT2D eigenvalue weighted by molar-refractivity contribution is -0.384. The fourth-order valence-corrected chi connectivity index (χ4v) is 1.42. The van der Waals surface area contributed by atoms with Gasteiger partial charge in [0.05, 0.1) is 23.2 Å². The van der Waals surface area contributed by atoms with Crippen molar-refractivity contribution in [2.24, 2.45) is 0 Å². The number of aromatic carboxylic acids is 1. The van der Waals surface area contributed by atoms with Crippen LogP contribution in [0.4, 0.5) is 5.69 Å². The van der Waals surface area contributed by atoms with Gasteiger partial charge in [-0.3, -0.25) is 10.1 Å². The molecule has 110 valence electrons. The second-order valence-corrected chi connectivity index (χ2v) is 5.05. The van der Waals surface area contributed by atoms with E-state index in [0.29, 0.717) is 0 Å². The van der Waals surface area contributed by atoms with Crippen LogP contribution in [0.2, 0.25) is 0 Å². The molecule has 0 saturated carbocycles. The Hall–Kier alpha value is -2.15. The van der Waals surface area contributed by atoms with Crippen molar-refractivity contribution < 1.29 is 24.3 Å². The summed E-state index contributed by atoms with van der Waals surface area (Å²) in [5.41, 5.74) is -0.671. The average Bonchev–Trinajstić information content (AvgIpc) is 2.33. The third-order valence-electron chi connectivity index (χ3n) is 2.28. The zero-order valence-electron chi connectivity index (χ0n) is 11.6. The lowest BCUT2D eigenvalue weighted by Gasteiger charge is -2.19. The highest BCUT2D eigenvalue weighted by Crippen LogP contribution is 2.25. The van der Waals surface area contributed by atoms with E-state index in [1.807, 2.05) is 20.8 Å².